The third kappa shape index (κ3) is 2.23. The van der Waals surface area contributed by atoms with E-state index in [2.05, 4.69) is 4.90 Å². The van der Waals surface area contributed by atoms with E-state index in [9.17, 15) is 9.59 Å². The van der Waals surface area contributed by atoms with E-state index >= 15 is 0 Å². The predicted octanol–water partition coefficient (Wildman–Crippen LogP) is 2.97. The molecule has 1 unspecified atom stereocenters. The number of benzene rings is 2. The van der Waals surface area contributed by atoms with Crippen LogP contribution in [0.5, 0.6) is 0 Å². The van der Waals surface area contributed by atoms with E-state index in [0.717, 1.165) is 36.2 Å². The molecule has 28 heavy (non-hydrogen) atoms. The second-order valence-electron chi connectivity index (χ2n) is 7.60. The number of anilines is 1. The minimum atomic E-state index is -1.11. The number of hydrogen-bond acceptors (Lipinski definition) is 3. The van der Waals surface area contributed by atoms with E-state index < -0.39 is 11.4 Å². The van der Waals surface area contributed by atoms with Crippen LogP contribution in [-0.4, -0.2) is 29.3 Å². The highest BCUT2D eigenvalue weighted by molar-refractivity contribution is 6.30. The molecule has 1 saturated heterocycles. The van der Waals surface area contributed by atoms with Crippen LogP contribution in [0.3, 0.4) is 0 Å². The maximum Gasteiger partial charge on any atom is 0.257 e. The molecule has 3 heterocycles. The normalized spacial score (nSPS) is 25.9. The Kier molecular flexibility index (Phi) is 3.86. The number of rotatable bonds is 3. The van der Waals surface area contributed by atoms with Crippen molar-refractivity contribution in [1.82, 2.24) is 4.90 Å². The van der Waals surface area contributed by atoms with Crippen LogP contribution in [0.15, 0.2) is 60.2 Å². The topological polar surface area (TPSA) is 66.6 Å². The van der Waals surface area contributed by atoms with Gasteiger partial charge in [-0.1, -0.05) is 48.0 Å². The lowest BCUT2D eigenvalue weighted by atomic mass is 9.83. The van der Waals surface area contributed by atoms with E-state index in [-0.39, 0.29) is 11.9 Å². The molecule has 2 atom stereocenters. The van der Waals surface area contributed by atoms with Gasteiger partial charge in [-0.25, -0.2) is 0 Å². The Hall–Kier alpha value is -2.63. The molecule has 1 fully saturated rings. The van der Waals surface area contributed by atoms with Gasteiger partial charge in [0.25, 0.3) is 5.91 Å². The highest BCUT2D eigenvalue weighted by atomic mass is 35.5. The van der Waals surface area contributed by atoms with Crippen LogP contribution in [0.2, 0.25) is 5.02 Å². The predicted molar refractivity (Wildman–Crippen MR) is 108 cm³/mol. The smallest absolute Gasteiger partial charge is 0.257 e. The first kappa shape index (κ1) is 17.5. The van der Waals surface area contributed by atoms with E-state index in [4.69, 9.17) is 17.3 Å². The lowest BCUT2D eigenvalue weighted by molar-refractivity contribution is -0.129. The standard InChI is InChI=1S/C22H20ClN3O2/c23-15-6-3-5-14(11-15)13-25-19-9-2-1-8-17(19)22(21(25)28)18(20(24)27)12-16-7-4-10-26(16)22/h1-3,5-6,8-9,11-12,16H,4,7,10,13H2,(H2,24,27)/t16?,22-/m0/s1. The summed E-state index contributed by atoms with van der Waals surface area (Å²) in [6, 6.07) is 15.3. The van der Waals surface area contributed by atoms with Crippen molar-refractivity contribution >= 4 is 29.1 Å². The van der Waals surface area contributed by atoms with Crippen LogP contribution in [0.4, 0.5) is 5.69 Å². The van der Waals surface area contributed by atoms with Gasteiger partial charge in [0.1, 0.15) is 0 Å². The first-order valence-electron chi connectivity index (χ1n) is 9.48. The molecule has 1 spiro atoms. The van der Waals surface area contributed by atoms with Crippen LogP contribution in [0.25, 0.3) is 0 Å². The Balaban J connectivity index is 1.67. The zero-order chi connectivity index (χ0) is 19.5. The number of hydrogen-bond donors (Lipinski definition) is 1. The summed E-state index contributed by atoms with van der Waals surface area (Å²) in [5, 5.41) is 0.630. The maximum absolute atomic E-state index is 13.9. The number of carbonyl (C=O) groups is 2. The summed E-state index contributed by atoms with van der Waals surface area (Å²) in [5.41, 5.74) is 7.68. The number of halogens is 1. The van der Waals surface area contributed by atoms with Gasteiger partial charge in [-0.2, -0.15) is 0 Å². The number of carbonyl (C=O) groups excluding carboxylic acids is 2. The van der Waals surface area contributed by atoms with Gasteiger partial charge in [0.2, 0.25) is 5.91 Å². The molecule has 142 valence electrons. The number of amides is 2. The Morgan fingerprint density at radius 1 is 1.21 bits per heavy atom. The number of fused-ring (bicyclic) bond motifs is 4. The third-order valence-corrected chi connectivity index (χ3v) is 6.35. The molecule has 2 aromatic rings. The molecule has 3 aliphatic heterocycles. The van der Waals surface area contributed by atoms with E-state index in [1.54, 1.807) is 4.90 Å². The van der Waals surface area contributed by atoms with E-state index in [0.29, 0.717) is 17.1 Å². The molecule has 2 N–H and O–H groups in total. The molecule has 6 heteroatoms. The molecule has 0 bridgehead atoms. The highest BCUT2D eigenvalue weighted by Crippen LogP contribution is 2.54. The van der Waals surface area contributed by atoms with Crippen LogP contribution in [0, 0.1) is 0 Å². The summed E-state index contributed by atoms with van der Waals surface area (Å²) >= 11 is 6.14. The summed E-state index contributed by atoms with van der Waals surface area (Å²) in [7, 11) is 0. The van der Waals surface area contributed by atoms with Gasteiger partial charge in [-0.15, -0.1) is 0 Å². The lowest BCUT2D eigenvalue weighted by Crippen LogP contribution is -2.53. The van der Waals surface area contributed by atoms with Crippen molar-refractivity contribution in [2.45, 2.75) is 31.0 Å². The fourth-order valence-corrected chi connectivity index (χ4v) is 5.27. The van der Waals surface area contributed by atoms with Crippen molar-refractivity contribution in [3.8, 4) is 0 Å². The SMILES string of the molecule is NC(=O)C1=CC2CCCN2[C@]12C(=O)N(Cc1cccc(Cl)c1)c1ccccc12. The molecule has 2 amide bonds. The van der Waals surface area contributed by atoms with Gasteiger partial charge in [-0.05, 0) is 36.6 Å². The highest BCUT2D eigenvalue weighted by Gasteiger charge is 2.63. The summed E-state index contributed by atoms with van der Waals surface area (Å²) in [5.74, 6) is -0.634. The fourth-order valence-electron chi connectivity index (χ4n) is 5.06. The Morgan fingerprint density at radius 2 is 2.04 bits per heavy atom. The molecule has 0 saturated carbocycles. The first-order chi connectivity index (χ1) is 13.5. The molecule has 2 aromatic carbocycles. The molecule has 5 rings (SSSR count). The van der Waals surface area contributed by atoms with Crippen LogP contribution in [-0.2, 0) is 21.7 Å². The molecular weight excluding hydrogens is 374 g/mol. The van der Waals surface area contributed by atoms with Crippen molar-refractivity contribution < 1.29 is 9.59 Å². The summed E-state index contributed by atoms with van der Waals surface area (Å²) in [4.78, 5) is 30.3. The molecule has 5 nitrogen and oxygen atoms in total. The first-order valence-corrected chi connectivity index (χ1v) is 9.86. The van der Waals surface area contributed by atoms with Gasteiger partial charge in [0.05, 0.1) is 12.2 Å². The fraction of sp³-hybridized carbons (Fsp3) is 0.273. The van der Waals surface area contributed by atoms with Crippen molar-refractivity contribution in [2.24, 2.45) is 5.73 Å². The van der Waals surface area contributed by atoms with Crippen molar-refractivity contribution in [1.29, 1.82) is 0 Å². The number of nitrogens with two attached hydrogens (primary N) is 1. The summed E-state index contributed by atoms with van der Waals surface area (Å²) in [6.45, 7) is 1.16. The number of para-hydroxylation sites is 1. The van der Waals surface area contributed by atoms with Gasteiger partial charge in [0.15, 0.2) is 5.54 Å². The van der Waals surface area contributed by atoms with Gasteiger partial charge >= 0.3 is 0 Å². The van der Waals surface area contributed by atoms with Crippen molar-refractivity contribution in [3.05, 3.63) is 76.3 Å². The summed E-state index contributed by atoms with van der Waals surface area (Å²) in [6.07, 6.45) is 3.84. The Morgan fingerprint density at radius 3 is 2.82 bits per heavy atom. The van der Waals surface area contributed by atoms with E-state index in [1.165, 1.54) is 0 Å². The Bertz CT molecular complexity index is 1030. The zero-order valence-corrected chi connectivity index (χ0v) is 16.0. The monoisotopic (exact) mass is 393 g/mol. The zero-order valence-electron chi connectivity index (χ0n) is 15.3. The van der Waals surface area contributed by atoms with Crippen molar-refractivity contribution in [3.63, 3.8) is 0 Å². The lowest BCUT2D eigenvalue weighted by Gasteiger charge is -2.35. The molecular formula is C22H20ClN3O2. The number of primary amides is 1. The summed E-state index contributed by atoms with van der Waals surface area (Å²) < 4.78 is 0. The quantitative estimate of drug-likeness (QED) is 0.871. The largest absolute Gasteiger partial charge is 0.366 e. The Labute approximate surface area is 168 Å². The minimum absolute atomic E-state index is 0.0747. The third-order valence-electron chi connectivity index (χ3n) is 6.11. The number of nitrogens with zero attached hydrogens (tertiary/aromatic N) is 2. The molecule has 3 aliphatic rings. The molecule has 0 radical (unpaired) electrons. The van der Waals surface area contributed by atoms with Gasteiger partial charge in [-0.3, -0.25) is 14.5 Å². The molecule has 0 aromatic heterocycles. The van der Waals surface area contributed by atoms with Gasteiger partial charge < -0.3 is 10.6 Å². The molecule has 0 aliphatic carbocycles. The van der Waals surface area contributed by atoms with Crippen LogP contribution in [0.1, 0.15) is 24.0 Å². The average Bonchev–Trinajstić information content (AvgIpc) is 3.32. The second kappa shape index (κ2) is 6.19. The van der Waals surface area contributed by atoms with Gasteiger partial charge in [0, 0.05) is 28.7 Å². The second-order valence-corrected chi connectivity index (χ2v) is 8.03. The van der Waals surface area contributed by atoms with E-state index in [1.807, 2.05) is 54.6 Å². The van der Waals surface area contributed by atoms with Crippen LogP contribution >= 0.6 is 11.6 Å². The van der Waals surface area contributed by atoms with Crippen molar-refractivity contribution in [2.75, 3.05) is 11.4 Å². The van der Waals surface area contributed by atoms with Crippen LogP contribution < -0.4 is 10.6 Å². The average molecular weight is 394 g/mol. The maximum atomic E-state index is 13.9. The minimum Gasteiger partial charge on any atom is -0.366 e.